The minimum absolute atomic E-state index is 0.0517. The van der Waals surface area contributed by atoms with Crippen molar-refractivity contribution >= 4 is 15.9 Å². The summed E-state index contributed by atoms with van der Waals surface area (Å²) in [5, 5.41) is 0. The van der Waals surface area contributed by atoms with Gasteiger partial charge in [-0.3, -0.25) is 0 Å². The molecule has 0 radical (unpaired) electrons. The molecular formula is C12H15BrFNO2. The van der Waals surface area contributed by atoms with E-state index in [-0.39, 0.29) is 11.9 Å². The van der Waals surface area contributed by atoms with E-state index in [4.69, 9.17) is 9.47 Å². The Labute approximate surface area is 109 Å². The van der Waals surface area contributed by atoms with Crippen LogP contribution in [0.1, 0.15) is 0 Å². The summed E-state index contributed by atoms with van der Waals surface area (Å²) in [4.78, 5) is 2.19. The van der Waals surface area contributed by atoms with E-state index in [1.54, 1.807) is 6.07 Å². The Bertz CT molecular complexity index is 369. The molecule has 1 aromatic carbocycles. The van der Waals surface area contributed by atoms with E-state index < -0.39 is 0 Å². The first kappa shape index (κ1) is 12.8. The molecule has 3 nitrogen and oxygen atoms in total. The number of hydrogen-bond acceptors (Lipinski definition) is 3. The van der Waals surface area contributed by atoms with E-state index in [1.165, 1.54) is 12.1 Å². The van der Waals surface area contributed by atoms with Crippen LogP contribution in [0.5, 0.6) is 5.75 Å². The van der Waals surface area contributed by atoms with E-state index >= 15 is 0 Å². The molecular weight excluding hydrogens is 289 g/mol. The van der Waals surface area contributed by atoms with E-state index in [1.807, 2.05) is 7.05 Å². The Morgan fingerprint density at radius 1 is 1.53 bits per heavy atom. The van der Waals surface area contributed by atoms with Gasteiger partial charge in [0.2, 0.25) is 0 Å². The van der Waals surface area contributed by atoms with E-state index in [0.29, 0.717) is 16.8 Å². The molecule has 0 amide bonds. The van der Waals surface area contributed by atoms with Crippen molar-refractivity contribution in [1.82, 2.24) is 4.90 Å². The normalized spacial score (nSPS) is 21.5. The molecule has 1 aromatic rings. The first-order valence-corrected chi connectivity index (χ1v) is 6.32. The standard InChI is InChI=1S/C12H15BrFNO2/c1-15-2-3-16-12(7-15)8-17-11-5-9(13)4-10(14)6-11/h4-6,12H,2-3,7-8H2,1H3. The molecule has 1 heterocycles. The van der Waals surface area contributed by atoms with Crippen LogP contribution in [0.3, 0.4) is 0 Å². The molecule has 1 atom stereocenters. The van der Waals surface area contributed by atoms with Gasteiger partial charge < -0.3 is 14.4 Å². The van der Waals surface area contributed by atoms with Gasteiger partial charge in [0.15, 0.2) is 0 Å². The predicted molar refractivity (Wildman–Crippen MR) is 66.8 cm³/mol. The molecule has 0 aromatic heterocycles. The van der Waals surface area contributed by atoms with Gasteiger partial charge in [-0.2, -0.15) is 0 Å². The fourth-order valence-corrected chi connectivity index (χ4v) is 2.21. The van der Waals surface area contributed by atoms with Gasteiger partial charge in [0.1, 0.15) is 24.3 Å². The van der Waals surface area contributed by atoms with Crippen LogP contribution >= 0.6 is 15.9 Å². The highest BCUT2D eigenvalue weighted by Crippen LogP contribution is 2.21. The number of hydrogen-bond donors (Lipinski definition) is 0. The molecule has 0 saturated carbocycles. The lowest BCUT2D eigenvalue weighted by Gasteiger charge is -2.29. The number of halogens is 2. The van der Waals surface area contributed by atoms with Gasteiger partial charge in [-0.05, 0) is 19.2 Å². The maximum atomic E-state index is 13.1. The first-order valence-electron chi connectivity index (χ1n) is 5.52. The summed E-state index contributed by atoms with van der Waals surface area (Å²) in [6.07, 6.45) is 0.0517. The smallest absolute Gasteiger partial charge is 0.128 e. The molecule has 1 unspecified atom stereocenters. The van der Waals surface area contributed by atoms with Crippen LogP contribution in [-0.2, 0) is 4.74 Å². The summed E-state index contributed by atoms with van der Waals surface area (Å²) in [5.41, 5.74) is 0. The summed E-state index contributed by atoms with van der Waals surface area (Å²) in [7, 11) is 2.05. The number of morpholine rings is 1. The summed E-state index contributed by atoms with van der Waals surface area (Å²) < 4.78 is 24.9. The summed E-state index contributed by atoms with van der Waals surface area (Å²) in [6.45, 7) is 2.95. The number of rotatable bonds is 3. The first-order chi connectivity index (χ1) is 8.13. The molecule has 1 fully saturated rings. The van der Waals surface area contributed by atoms with Crippen molar-refractivity contribution in [1.29, 1.82) is 0 Å². The van der Waals surface area contributed by atoms with E-state index in [0.717, 1.165) is 19.7 Å². The van der Waals surface area contributed by atoms with Crippen molar-refractivity contribution in [3.63, 3.8) is 0 Å². The lowest BCUT2D eigenvalue weighted by Crippen LogP contribution is -2.42. The van der Waals surface area contributed by atoms with Gasteiger partial charge in [-0.25, -0.2) is 4.39 Å². The highest BCUT2D eigenvalue weighted by molar-refractivity contribution is 9.10. The number of nitrogens with zero attached hydrogens (tertiary/aromatic N) is 1. The molecule has 2 rings (SSSR count). The van der Waals surface area contributed by atoms with Crippen molar-refractivity contribution in [3.8, 4) is 5.75 Å². The average Bonchev–Trinajstić information content (AvgIpc) is 2.25. The minimum Gasteiger partial charge on any atom is -0.491 e. The lowest BCUT2D eigenvalue weighted by molar-refractivity contribution is -0.0403. The van der Waals surface area contributed by atoms with Gasteiger partial charge in [-0.15, -0.1) is 0 Å². The SMILES string of the molecule is CN1CCOC(COc2cc(F)cc(Br)c2)C1. The molecule has 94 valence electrons. The Morgan fingerprint density at radius 2 is 2.35 bits per heavy atom. The third kappa shape index (κ3) is 3.94. The molecule has 1 saturated heterocycles. The Morgan fingerprint density at radius 3 is 3.06 bits per heavy atom. The average molecular weight is 304 g/mol. The highest BCUT2D eigenvalue weighted by atomic mass is 79.9. The van der Waals surface area contributed by atoms with Gasteiger partial charge in [0.25, 0.3) is 0 Å². The fourth-order valence-electron chi connectivity index (χ4n) is 1.77. The second-order valence-electron chi connectivity index (χ2n) is 4.17. The van der Waals surface area contributed by atoms with Gasteiger partial charge in [0.05, 0.1) is 6.61 Å². The Balaban J connectivity index is 1.88. The van der Waals surface area contributed by atoms with Crippen LogP contribution in [0.2, 0.25) is 0 Å². The largest absolute Gasteiger partial charge is 0.491 e. The van der Waals surface area contributed by atoms with Crippen LogP contribution < -0.4 is 4.74 Å². The van der Waals surface area contributed by atoms with Crippen LogP contribution in [0.25, 0.3) is 0 Å². The van der Waals surface area contributed by atoms with E-state index in [2.05, 4.69) is 20.8 Å². The van der Waals surface area contributed by atoms with Gasteiger partial charge in [0, 0.05) is 23.6 Å². The number of likely N-dealkylation sites (N-methyl/N-ethyl adjacent to an activating group) is 1. The van der Waals surface area contributed by atoms with Crippen LogP contribution in [0.15, 0.2) is 22.7 Å². The van der Waals surface area contributed by atoms with Crippen molar-refractivity contribution in [2.75, 3.05) is 33.4 Å². The van der Waals surface area contributed by atoms with Crippen LogP contribution in [0, 0.1) is 5.82 Å². The third-order valence-electron chi connectivity index (χ3n) is 2.61. The molecule has 1 aliphatic rings. The highest BCUT2D eigenvalue weighted by Gasteiger charge is 2.18. The van der Waals surface area contributed by atoms with E-state index in [9.17, 15) is 4.39 Å². The molecule has 1 aliphatic heterocycles. The molecule has 17 heavy (non-hydrogen) atoms. The monoisotopic (exact) mass is 303 g/mol. The zero-order chi connectivity index (χ0) is 12.3. The molecule has 0 N–H and O–H groups in total. The Hall–Kier alpha value is -0.650. The quantitative estimate of drug-likeness (QED) is 0.855. The minimum atomic E-state index is -0.309. The maximum Gasteiger partial charge on any atom is 0.128 e. The number of ether oxygens (including phenoxy) is 2. The van der Waals surface area contributed by atoms with Crippen LogP contribution in [-0.4, -0.2) is 44.4 Å². The van der Waals surface area contributed by atoms with Crippen molar-refractivity contribution in [3.05, 3.63) is 28.5 Å². The van der Waals surface area contributed by atoms with Crippen molar-refractivity contribution in [2.24, 2.45) is 0 Å². The molecule has 0 aliphatic carbocycles. The number of benzene rings is 1. The fraction of sp³-hybridized carbons (Fsp3) is 0.500. The van der Waals surface area contributed by atoms with Crippen LogP contribution in [0.4, 0.5) is 4.39 Å². The zero-order valence-electron chi connectivity index (χ0n) is 9.66. The molecule has 0 bridgehead atoms. The molecule has 5 heteroatoms. The Kier molecular flexibility index (Phi) is 4.36. The van der Waals surface area contributed by atoms with Gasteiger partial charge >= 0.3 is 0 Å². The third-order valence-corrected chi connectivity index (χ3v) is 3.07. The molecule has 0 spiro atoms. The zero-order valence-corrected chi connectivity index (χ0v) is 11.2. The lowest BCUT2D eigenvalue weighted by atomic mass is 10.3. The summed E-state index contributed by atoms with van der Waals surface area (Å²) in [6, 6.07) is 4.52. The summed E-state index contributed by atoms with van der Waals surface area (Å²) in [5.74, 6) is 0.213. The van der Waals surface area contributed by atoms with Crippen molar-refractivity contribution in [2.45, 2.75) is 6.10 Å². The summed E-state index contributed by atoms with van der Waals surface area (Å²) >= 11 is 3.23. The second kappa shape index (κ2) is 5.80. The predicted octanol–water partition coefficient (Wildman–Crippen LogP) is 2.30. The maximum absolute atomic E-state index is 13.1. The van der Waals surface area contributed by atoms with Gasteiger partial charge in [-0.1, -0.05) is 15.9 Å². The van der Waals surface area contributed by atoms with Crippen molar-refractivity contribution < 1.29 is 13.9 Å². The topological polar surface area (TPSA) is 21.7 Å². The second-order valence-corrected chi connectivity index (χ2v) is 5.09.